The van der Waals surface area contributed by atoms with E-state index < -0.39 is 0 Å². The van der Waals surface area contributed by atoms with Crippen LogP contribution < -0.4 is 0 Å². The molecule has 0 aromatic carbocycles. The Balaban J connectivity index is 0. The Morgan fingerprint density at radius 3 is 1.00 bits per heavy atom. The maximum atomic E-state index is 0. The van der Waals surface area contributed by atoms with E-state index in [1.54, 1.807) is 0 Å². The van der Waals surface area contributed by atoms with Gasteiger partial charge in [0.25, 0.3) is 0 Å². The molecule has 0 saturated heterocycles. The molecule has 8 valence electrons. The van der Waals surface area contributed by atoms with Crippen molar-refractivity contribution in [2.45, 2.75) is 0 Å². The second-order valence-electron chi connectivity index (χ2n) is 0. The SMILES string of the molecule is [Li].[Mg].[Na].[Si]. The number of rotatable bonds is 0. The van der Waals surface area contributed by atoms with Gasteiger partial charge in [-0.05, 0) is 0 Å². The van der Waals surface area contributed by atoms with Gasteiger partial charge in [-0.15, -0.1) is 0 Å². The average molecular weight is 82.3 g/mol. The molecule has 0 nitrogen and oxygen atoms in total. The van der Waals surface area contributed by atoms with Crippen molar-refractivity contribution in [2.24, 2.45) is 0 Å². The summed E-state index contributed by atoms with van der Waals surface area (Å²) in [6.45, 7) is 0. The standard InChI is InChI=1S/Li.Mg.Na.Si. The van der Waals surface area contributed by atoms with Crippen molar-refractivity contribution in [3.8, 4) is 0 Å². The van der Waals surface area contributed by atoms with Crippen LogP contribution in [0.3, 0.4) is 0 Å². The monoisotopic (exact) mass is 82.0 g/mol. The van der Waals surface area contributed by atoms with E-state index in [9.17, 15) is 0 Å². The fourth-order valence-electron chi connectivity index (χ4n) is 0. The van der Waals surface area contributed by atoms with Crippen LogP contribution in [0.15, 0.2) is 0 Å². The molecule has 0 rings (SSSR count). The average Bonchev–Trinajstić information content (AvgIpc) is 0. The molecule has 0 spiro atoms. The Morgan fingerprint density at radius 1 is 1.00 bits per heavy atom. The van der Waals surface area contributed by atoms with E-state index in [0.29, 0.717) is 0 Å². The van der Waals surface area contributed by atoms with Gasteiger partial charge in [-0.2, -0.15) is 0 Å². The van der Waals surface area contributed by atoms with Crippen molar-refractivity contribution in [2.75, 3.05) is 0 Å². The Bertz CT molecular complexity index is 8.00. The first-order valence-corrected chi connectivity index (χ1v) is 0. The minimum Gasteiger partial charge on any atom is 0 e. The largest absolute Gasteiger partial charge is 0 e. The molecule has 0 aliphatic heterocycles. The van der Waals surface area contributed by atoms with Crippen LogP contribution in [0.5, 0.6) is 0 Å². The van der Waals surface area contributed by atoms with Crippen LogP contribution in [-0.4, -0.2) is 82.4 Å². The third-order valence-corrected chi connectivity index (χ3v) is 0. The zero-order chi connectivity index (χ0) is 0. The molecule has 8 radical (unpaired) electrons. The first kappa shape index (κ1) is 30.8. The third kappa shape index (κ3) is 8.82. The molecule has 0 N–H and O–H groups in total. The Hall–Kier alpha value is 2.58. The van der Waals surface area contributed by atoms with Gasteiger partial charge in [0.2, 0.25) is 0 Å². The van der Waals surface area contributed by atoms with Gasteiger partial charge in [0.05, 0.1) is 0 Å². The van der Waals surface area contributed by atoms with Crippen LogP contribution in [0.4, 0.5) is 0 Å². The summed E-state index contributed by atoms with van der Waals surface area (Å²) in [4.78, 5) is 0. The number of hydrogen-bond acceptors (Lipinski definition) is 0. The molecule has 0 aromatic heterocycles. The molecule has 0 amide bonds. The van der Waals surface area contributed by atoms with E-state index in [4.69, 9.17) is 0 Å². The molecule has 0 aliphatic carbocycles. The summed E-state index contributed by atoms with van der Waals surface area (Å²) < 4.78 is 0. The quantitative estimate of drug-likeness (QED) is 0.311. The van der Waals surface area contributed by atoms with Crippen molar-refractivity contribution in [3.63, 3.8) is 0 Å². The zero-order valence-corrected chi connectivity index (χ0v) is 7.62. The molecule has 0 saturated carbocycles. The predicted molar refractivity (Wildman–Crippen MR) is 23.0 cm³/mol. The third-order valence-electron chi connectivity index (χ3n) is 0. The van der Waals surface area contributed by atoms with Crippen LogP contribution in [-0.2, 0) is 0 Å². The molecule has 0 fully saturated rings. The van der Waals surface area contributed by atoms with Crippen molar-refractivity contribution in [1.82, 2.24) is 0 Å². The van der Waals surface area contributed by atoms with Crippen LogP contribution in [0.25, 0.3) is 0 Å². The van der Waals surface area contributed by atoms with Crippen LogP contribution in [0.1, 0.15) is 0 Å². The summed E-state index contributed by atoms with van der Waals surface area (Å²) in [6.07, 6.45) is 0. The summed E-state index contributed by atoms with van der Waals surface area (Å²) >= 11 is 0. The molecule has 4 heteroatoms. The van der Waals surface area contributed by atoms with E-state index in [2.05, 4.69) is 0 Å². The zero-order valence-electron chi connectivity index (χ0n) is 3.21. The van der Waals surface area contributed by atoms with E-state index in [1.165, 1.54) is 0 Å². The van der Waals surface area contributed by atoms with Crippen molar-refractivity contribution in [3.05, 3.63) is 0 Å². The minimum atomic E-state index is 0. The molecule has 0 atom stereocenters. The van der Waals surface area contributed by atoms with Gasteiger partial charge >= 0.3 is 0 Å². The predicted octanol–water partition coefficient (Wildman–Crippen LogP) is -1.52. The topological polar surface area (TPSA) is 0 Å². The van der Waals surface area contributed by atoms with Crippen molar-refractivity contribution >= 4 is 82.4 Å². The van der Waals surface area contributed by atoms with Gasteiger partial charge < -0.3 is 0 Å². The van der Waals surface area contributed by atoms with Gasteiger partial charge in [0.15, 0.2) is 0 Å². The Labute approximate surface area is 81.1 Å². The fraction of sp³-hybridized carbons (Fsp3) is 0. The Kier molecular flexibility index (Phi) is 135. The van der Waals surface area contributed by atoms with E-state index in [1.807, 2.05) is 0 Å². The summed E-state index contributed by atoms with van der Waals surface area (Å²) in [7, 11) is 0. The van der Waals surface area contributed by atoms with Crippen molar-refractivity contribution < 1.29 is 0 Å². The normalized spacial score (nSPS) is 0. The fourth-order valence-corrected chi connectivity index (χ4v) is 0. The van der Waals surface area contributed by atoms with Crippen LogP contribution >= 0.6 is 0 Å². The molecular weight excluding hydrogens is 82.3 g/mol. The molecule has 4 heavy (non-hydrogen) atoms. The van der Waals surface area contributed by atoms with E-state index in [0.717, 1.165) is 0 Å². The molecule has 0 unspecified atom stereocenters. The first-order valence-electron chi connectivity index (χ1n) is 0. The van der Waals surface area contributed by atoms with Crippen molar-refractivity contribution in [1.29, 1.82) is 0 Å². The van der Waals surface area contributed by atoms with Gasteiger partial charge in [-0.1, -0.05) is 0 Å². The smallest absolute Gasteiger partial charge is 0 e. The van der Waals surface area contributed by atoms with E-state index >= 15 is 0 Å². The second kappa shape index (κ2) is 17.6. The van der Waals surface area contributed by atoms with Gasteiger partial charge in [0, 0.05) is 82.4 Å². The van der Waals surface area contributed by atoms with Gasteiger partial charge in [0.1, 0.15) is 0 Å². The van der Waals surface area contributed by atoms with Gasteiger partial charge in [-0.25, -0.2) is 0 Å². The second-order valence-corrected chi connectivity index (χ2v) is 0. The maximum Gasteiger partial charge on any atom is 0 e. The van der Waals surface area contributed by atoms with Crippen LogP contribution in [0, 0.1) is 0 Å². The summed E-state index contributed by atoms with van der Waals surface area (Å²) in [5.41, 5.74) is 0. The van der Waals surface area contributed by atoms with Gasteiger partial charge in [-0.3, -0.25) is 0 Å². The number of hydrogen-bond donors (Lipinski definition) is 0. The molecular formula is LiMgNaSi. The van der Waals surface area contributed by atoms with E-state index in [-0.39, 0.29) is 82.4 Å². The minimum absolute atomic E-state index is 0. The molecule has 0 bridgehead atoms. The molecule has 0 aromatic rings. The molecule has 0 heterocycles. The summed E-state index contributed by atoms with van der Waals surface area (Å²) in [6, 6.07) is 0. The summed E-state index contributed by atoms with van der Waals surface area (Å²) in [5.74, 6) is 0. The molecule has 0 aliphatic rings. The summed E-state index contributed by atoms with van der Waals surface area (Å²) in [5, 5.41) is 0. The Morgan fingerprint density at radius 2 is 1.00 bits per heavy atom. The van der Waals surface area contributed by atoms with Crippen LogP contribution in [0.2, 0.25) is 0 Å². The first-order chi connectivity index (χ1) is 0. The maximum absolute atomic E-state index is 0.